The van der Waals surface area contributed by atoms with E-state index in [1.54, 1.807) is 23.7 Å². The fourth-order valence-corrected chi connectivity index (χ4v) is 6.08. The van der Waals surface area contributed by atoms with E-state index >= 15 is 0 Å². The first-order valence-electron chi connectivity index (χ1n) is 9.37. The summed E-state index contributed by atoms with van der Waals surface area (Å²) in [4.78, 5) is 11.9. The molecule has 2 unspecified atom stereocenters. The van der Waals surface area contributed by atoms with Crippen LogP contribution in [0.25, 0.3) is 10.8 Å². The second-order valence-corrected chi connectivity index (χ2v) is 10.0. The van der Waals surface area contributed by atoms with Crippen LogP contribution in [0.1, 0.15) is 29.5 Å². The first kappa shape index (κ1) is 20.1. The molecule has 7 nitrogen and oxygen atoms in total. The zero-order valence-corrected chi connectivity index (χ0v) is 17.9. The summed E-state index contributed by atoms with van der Waals surface area (Å²) in [6, 6.07) is 12.5. The number of carbonyl (C=O) groups excluding carboxylic acids is 1. The SMILES string of the molecule is CC(=O)c1nnn(CC2CC(S)CN2S(=O)(=O)c2ccc3ccccc3c2)c1C. The number of rotatable bonds is 5. The van der Waals surface area contributed by atoms with Crippen molar-refractivity contribution in [2.24, 2.45) is 0 Å². The molecule has 1 saturated heterocycles. The van der Waals surface area contributed by atoms with E-state index in [9.17, 15) is 13.2 Å². The maximum absolute atomic E-state index is 13.4. The maximum atomic E-state index is 13.4. The summed E-state index contributed by atoms with van der Waals surface area (Å²) < 4.78 is 29.9. The van der Waals surface area contributed by atoms with E-state index in [2.05, 4.69) is 22.9 Å². The van der Waals surface area contributed by atoms with Crippen LogP contribution >= 0.6 is 12.6 Å². The number of nitrogens with zero attached hydrogens (tertiary/aromatic N) is 4. The third kappa shape index (κ3) is 3.70. The summed E-state index contributed by atoms with van der Waals surface area (Å²) in [6.07, 6.45) is 0.602. The Morgan fingerprint density at radius 1 is 1.21 bits per heavy atom. The smallest absolute Gasteiger partial charge is 0.243 e. The second kappa shape index (κ2) is 7.55. The highest BCUT2D eigenvalue weighted by Crippen LogP contribution is 2.31. The van der Waals surface area contributed by atoms with Gasteiger partial charge in [0.25, 0.3) is 0 Å². The van der Waals surface area contributed by atoms with Gasteiger partial charge in [0.2, 0.25) is 10.0 Å². The van der Waals surface area contributed by atoms with Crippen LogP contribution in [-0.2, 0) is 16.6 Å². The fraction of sp³-hybridized carbons (Fsp3) is 0.350. The molecule has 29 heavy (non-hydrogen) atoms. The Morgan fingerprint density at radius 2 is 1.93 bits per heavy atom. The van der Waals surface area contributed by atoms with Crippen molar-refractivity contribution in [1.82, 2.24) is 19.3 Å². The van der Waals surface area contributed by atoms with Gasteiger partial charge in [-0.3, -0.25) is 4.79 Å². The van der Waals surface area contributed by atoms with Crippen molar-refractivity contribution in [2.75, 3.05) is 6.54 Å². The molecule has 1 fully saturated rings. The minimum Gasteiger partial charge on any atom is -0.293 e. The molecular weight excluding hydrogens is 408 g/mol. The van der Waals surface area contributed by atoms with Gasteiger partial charge in [0.1, 0.15) is 0 Å². The van der Waals surface area contributed by atoms with E-state index in [-0.39, 0.29) is 22.0 Å². The van der Waals surface area contributed by atoms with E-state index < -0.39 is 10.0 Å². The van der Waals surface area contributed by atoms with Gasteiger partial charge in [-0.1, -0.05) is 35.5 Å². The molecule has 1 aromatic heterocycles. The van der Waals surface area contributed by atoms with E-state index in [0.29, 0.717) is 30.9 Å². The maximum Gasteiger partial charge on any atom is 0.243 e. The summed E-state index contributed by atoms with van der Waals surface area (Å²) in [5.41, 5.74) is 0.956. The summed E-state index contributed by atoms with van der Waals surface area (Å²) in [7, 11) is -3.70. The number of sulfonamides is 1. The second-order valence-electron chi connectivity index (χ2n) is 7.39. The predicted molar refractivity (Wildman–Crippen MR) is 114 cm³/mol. The van der Waals surface area contributed by atoms with Crippen LogP contribution in [-0.4, -0.2) is 51.3 Å². The third-order valence-electron chi connectivity index (χ3n) is 5.37. The van der Waals surface area contributed by atoms with Crippen LogP contribution in [0.4, 0.5) is 0 Å². The predicted octanol–water partition coefficient (Wildman–Crippen LogP) is 2.70. The van der Waals surface area contributed by atoms with Crippen LogP contribution in [0.2, 0.25) is 0 Å². The van der Waals surface area contributed by atoms with Crippen molar-refractivity contribution in [3.05, 3.63) is 53.9 Å². The average molecular weight is 431 g/mol. The van der Waals surface area contributed by atoms with Gasteiger partial charge in [-0.15, -0.1) is 5.10 Å². The lowest BCUT2D eigenvalue weighted by Gasteiger charge is -2.24. The number of fused-ring (bicyclic) bond motifs is 1. The van der Waals surface area contributed by atoms with Crippen molar-refractivity contribution in [2.45, 2.75) is 43.0 Å². The number of benzene rings is 2. The Hall–Kier alpha value is -2.23. The van der Waals surface area contributed by atoms with Crippen LogP contribution in [0, 0.1) is 6.92 Å². The van der Waals surface area contributed by atoms with Crippen LogP contribution < -0.4 is 0 Å². The van der Waals surface area contributed by atoms with E-state index in [1.807, 2.05) is 30.3 Å². The summed E-state index contributed by atoms with van der Waals surface area (Å²) in [6.45, 7) is 3.87. The Kier molecular flexibility index (Phi) is 5.22. The van der Waals surface area contributed by atoms with Crippen molar-refractivity contribution >= 4 is 39.2 Å². The van der Waals surface area contributed by atoms with Gasteiger partial charge in [-0.05, 0) is 36.2 Å². The first-order valence-corrected chi connectivity index (χ1v) is 11.3. The molecule has 2 aromatic carbocycles. The fourth-order valence-electron chi connectivity index (χ4n) is 3.84. The lowest BCUT2D eigenvalue weighted by molar-refractivity contribution is 0.101. The van der Waals surface area contributed by atoms with Gasteiger partial charge in [-0.25, -0.2) is 13.1 Å². The summed E-state index contributed by atoms with van der Waals surface area (Å²) >= 11 is 4.54. The van der Waals surface area contributed by atoms with Crippen molar-refractivity contribution in [3.63, 3.8) is 0 Å². The van der Waals surface area contributed by atoms with Crippen molar-refractivity contribution < 1.29 is 13.2 Å². The molecule has 2 heterocycles. The van der Waals surface area contributed by atoms with Gasteiger partial charge < -0.3 is 0 Å². The molecular formula is C20H22N4O3S2. The van der Waals surface area contributed by atoms with Crippen molar-refractivity contribution in [3.8, 4) is 0 Å². The Labute approximate surface area is 175 Å². The van der Waals surface area contributed by atoms with Gasteiger partial charge >= 0.3 is 0 Å². The largest absolute Gasteiger partial charge is 0.293 e. The first-order chi connectivity index (χ1) is 13.8. The molecule has 1 aliphatic rings. The van der Waals surface area contributed by atoms with E-state index in [1.165, 1.54) is 11.2 Å². The van der Waals surface area contributed by atoms with Crippen LogP contribution in [0.3, 0.4) is 0 Å². The molecule has 0 amide bonds. The minimum atomic E-state index is -3.70. The van der Waals surface area contributed by atoms with Crippen molar-refractivity contribution in [1.29, 1.82) is 0 Å². The molecule has 0 spiro atoms. The quantitative estimate of drug-likeness (QED) is 0.497. The number of ketones is 1. The number of aromatic nitrogens is 3. The number of hydrogen-bond donors (Lipinski definition) is 1. The minimum absolute atomic E-state index is 0.0636. The summed E-state index contributed by atoms with van der Waals surface area (Å²) in [5, 5.41) is 9.80. The number of thiol groups is 1. The highest BCUT2D eigenvalue weighted by atomic mass is 32.2. The van der Waals surface area contributed by atoms with E-state index in [4.69, 9.17) is 0 Å². The standard InChI is InChI=1S/C20H22N4O3S2/c1-13-20(14(2)25)21-22-23(13)11-17-10-18(28)12-24(17)29(26,27)19-8-7-15-5-3-4-6-16(15)9-19/h3-9,17-18,28H,10-12H2,1-2H3. The topological polar surface area (TPSA) is 85.2 Å². The Morgan fingerprint density at radius 3 is 2.62 bits per heavy atom. The van der Waals surface area contributed by atoms with Crippen LogP contribution in [0.5, 0.6) is 0 Å². The van der Waals surface area contributed by atoms with Gasteiger partial charge in [-0.2, -0.15) is 16.9 Å². The monoisotopic (exact) mass is 430 g/mol. The van der Waals surface area contributed by atoms with E-state index in [0.717, 1.165) is 10.8 Å². The highest BCUT2D eigenvalue weighted by molar-refractivity contribution is 7.89. The number of carbonyl (C=O) groups is 1. The lowest BCUT2D eigenvalue weighted by atomic mass is 10.1. The van der Waals surface area contributed by atoms with Gasteiger partial charge in [0.05, 0.1) is 17.1 Å². The molecule has 9 heteroatoms. The normalized spacial score (nSPS) is 20.4. The third-order valence-corrected chi connectivity index (χ3v) is 7.66. The molecule has 3 aromatic rings. The molecule has 1 aliphatic heterocycles. The molecule has 0 bridgehead atoms. The van der Waals surface area contributed by atoms with Crippen LogP contribution in [0.15, 0.2) is 47.4 Å². The summed E-state index contributed by atoms with van der Waals surface area (Å²) in [5.74, 6) is -0.159. The number of Topliss-reactive ketones (excluding diaryl/α,β-unsaturated/α-hetero) is 1. The molecule has 0 aliphatic carbocycles. The molecule has 152 valence electrons. The molecule has 0 saturated carbocycles. The molecule has 2 atom stereocenters. The highest BCUT2D eigenvalue weighted by Gasteiger charge is 2.39. The zero-order valence-electron chi connectivity index (χ0n) is 16.2. The molecule has 0 radical (unpaired) electrons. The zero-order chi connectivity index (χ0) is 20.8. The number of hydrogen-bond acceptors (Lipinski definition) is 6. The van der Waals surface area contributed by atoms with Gasteiger partial charge in [0, 0.05) is 24.8 Å². The molecule has 4 rings (SSSR count). The Balaban J connectivity index is 1.66. The lowest BCUT2D eigenvalue weighted by Crippen LogP contribution is -2.38. The average Bonchev–Trinajstić information content (AvgIpc) is 3.24. The Bertz CT molecular complexity index is 1190. The van der Waals surface area contributed by atoms with Gasteiger partial charge in [0.15, 0.2) is 11.5 Å². The molecule has 0 N–H and O–H groups in total.